The first-order valence-electron chi connectivity index (χ1n) is 4.38. The van der Waals surface area contributed by atoms with Crippen LogP contribution < -0.4 is 10.1 Å². The van der Waals surface area contributed by atoms with Gasteiger partial charge in [-0.1, -0.05) is 0 Å². The zero-order valence-electron chi connectivity index (χ0n) is 8.17. The molecule has 15 heavy (non-hydrogen) atoms. The normalized spacial score (nSPS) is 9.93. The Hall–Kier alpha value is -1.69. The molecule has 0 saturated heterocycles. The molecule has 78 valence electrons. The van der Waals surface area contributed by atoms with E-state index in [4.69, 9.17) is 4.74 Å². The largest absolute Gasteiger partial charge is 0.481 e. The summed E-state index contributed by atoms with van der Waals surface area (Å²) in [5.41, 5.74) is 1.09. The van der Waals surface area contributed by atoms with Gasteiger partial charge in [-0.05, 0) is 11.6 Å². The Labute approximate surface area is 91.3 Å². The minimum Gasteiger partial charge on any atom is -0.481 e. The van der Waals surface area contributed by atoms with Crippen molar-refractivity contribution < 1.29 is 4.74 Å². The lowest BCUT2D eigenvalue weighted by atomic mass is 10.3. The SMILES string of the molecule is COc1cc(CNc2ncns2)ccn1. The molecule has 0 radical (unpaired) electrons. The summed E-state index contributed by atoms with van der Waals surface area (Å²) in [7, 11) is 1.60. The number of aromatic nitrogens is 3. The molecular formula is C9H10N4OS. The van der Waals surface area contributed by atoms with Crippen LogP contribution in [0.5, 0.6) is 5.88 Å². The smallest absolute Gasteiger partial charge is 0.213 e. The lowest BCUT2D eigenvalue weighted by molar-refractivity contribution is 0.397. The van der Waals surface area contributed by atoms with E-state index in [0.29, 0.717) is 12.4 Å². The zero-order valence-corrected chi connectivity index (χ0v) is 8.99. The lowest BCUT2D eigenvalue weighted by Crippen LogP contribution is -1.99. The van der Waals surface area contributed by atoms with Crippen LogP contribution in [-0.4, -0.2) is 21.5 Å². The highest BCUT2D eigenvalue weighted by Crippen LogP contribution is 2.12. The topological polar surface area (TPSA) is 59.9 Å². The van der Waals surface area contributed by atoms with Crippen molar-refractivity contribution in [2.45, 2.75) is 6.54 Å². The van der Waals surface area contributed by atoms with E-state index in [9.17, 15) is 0 Å². The fraction of sp³-hybridized carbons (Fsp3) is 0.222. The van der Waals surface area contributed by atoms with Crippen LogP contribution in [0.1, 0.15) is 5.56 Å². The zero-order chi connectivity index (χ0) is 10.5. The summed E-state index contributed by atoms with van der Waals surface area (Å²) in [6.07, 6.45) is 3.25. The fourth-order valence-corrected chi connectivity index (χ4v) is 1.53. The number of hydrogen-bond donors (Lipinski definition) is 1. The molecule has 6 heteroatoms. The molecule has 2 heterocycles. The maximum Gasteiger partial charge on any atom is 0.213 e. The molecule has 0 saturated carbocycles. The second-order valence-electron chi connectivity index (χ2n) is 2.81. The number of ether oxygens (including phenoxy) is 1. The van der Waals surface area contributed by atoms with Gasteiger partial charge in [-0.25, -0.2) is 9.97 Å². The summed E-state index contributed by atoms with van der Waals surface area (Å²) in [6, 6.07) is 3.81. The van der Waals surface area contributed by atoms with Gasteiger partial charge in [0, 0.05) is 30.3 Å². The van der Waals surface area contributed by atoms with Gasteiger partial charge in [-0.3, -0.25) is 0 Å². The first-order valence-corrected chi connectivity index (χ1v) is 5.15. The van der Waals surface area contributed by atoms with E-state index < -0.39 is 0 Å². The predicted molar refractivity (Wildman–Crippen MR) is 58.0 cm³/mol. The quantitative estimate of drug-likeness (QED) is 0.850. The molecular weight excluding hydrogens is 212 g/mol. The molecule has 0 aliphatic rings. The summed E-state index contributed by atoms with van der Waals surface area (Å²) in [4.78, 5) is 8.05. The number of methoxy groups -OCH3 is 1. The Balaban J connectivity index is 1.98. The Kier molecular flexibility index (Phi) is 3.08. The Morgan fingerprint density at radius 3 is 3.13 bits per heavy atom. The predicted octanol–water partition coefficient (Wildman–Crippen LogP) is 1.55. The minimum absolute atomic E-state index is 0.617. The number of nitrogens with zero attached hydrogens (tertiary/aromatic N) is 3. The molecule has 0 spiro atoms. The molecule has 0 atom stereocenters. The van der Waals surface area contributed by atoms with Gasteiger partial charge in [0.15, 0.2) is 0 Å². The van der Waals surface area contributed by atoms with Gasteiger partial charge in [-0.15, -0.1) is 0 Å². The molecule has 0 aliphatic carbocycles. The van der Waals surface area contributed by atoms with Crippen LogP contribution in [0.25, 0.3) is 0 Å². The van der Waals surface area contributed by atoms with E-state index in [1.807, 2.05) is 12.1 Å². The van der Waals surface area contributed by atoms with Crippen molar-refractivity contribution >= 4 is 16.7 Å². The van der Waals surface area contributed by atoms with E-state index in [2.05, 4.69) is 19.7 Å². The highest BCUT2D eigenvalue weighted by atomic mass is 32.1. The van der Waals surface area contributed by atoms with Crippen molar-refractivity contribution in [3.05, 3.63) is 30.2 Å². The van der Waals surface area contributed by atoms with Gasteiger partial charge < -0.3 is 10.1 Å². The third kappa shape index (κ3) is 2.63. The molecule has 0 aromatic carbocycles. The fourth-order valence-electron chi connectivity index (χ4n) is 1.10. The van der Waals surface area contributed by atoms with E-state index in [1.54, 1.807) is 13.3 Å². The van der Waals surface area contributed by atoms with E-state index >= 15 is 0 Å². The molecule has 0 fully saturated rings. The van der Waals surface area contributed by atoms with Crippen LogP contribution in [0.3, 0.4) is 0 Å². The van der Waals surface area contributed by atoms with Gasteiger partial charge in [0.25, 0.3) is 0 Å². The van der Waals surface area contributed by atoms with Gasteiger partial charge in [0.05, 0.1) is 7.11 Å². The number of pyridine rings is 1. The van der Waals surface area contributed by atoms with Gasteiger partial charge in [-0.2, -0.15) is 4.37 Å². The van der Waals surface area contributed by atoms with Crippen LogP contribution in [0, 0.1) is 0 Å². The molecule has 2 aromatic heterocycles. The molecule has 0 amide bonds. The summed E-state index contributed by atoms with van der Waals surface area (Å²) in [5.74, 6) is 0.617. The molecule has 0 bridgehead atoms. The molecule has 5 nitrogen and oxygen atoms in total. The van der Waals surface area contributed by atoms with Crippen LogP contribution in [0.15, 0.2) is 24.7 Å². The molecule has 0 aliphatic heterocycles. The number of rotatable bonds is 4. The Morgan fingerprint density at radius 1 is 1.47 bits per heavy atom. The third-order valence-electron chi connectivity index (χ3n) is 1.81. The molecule has 0 unspecified atom stereocenters. The van der Waals surface area contributed by atoms with Crippen molar-refractivity contribution in [2.24, 2.45) is 0 Å². The number of nitrogens with one attached hydrogen (secondary N) is 1. The second kappa shape index (κ2) is 4.70. The number of anilines is 1. The van der Waals surface area contributed by atoms with Crippen LogP contribution in [0.2, 0.25) is 0 Å². The van der Waals surface area contributed by atoms with Gasteiger partial charge in [0.1, 0.15) is 6.33 Å². The maximum absolute atomic E-state index is 5.03. The van der Waals surface area contributed by atoms with E-state index in [0.717, 1.165) is 10.7 Å². The van der Waals surface area contributed by atoms with Gasteiger partial charge >= 0.3 is 0 Å². The van der Waals surface area contributed by atoms with Crippen LogP contribution in [-0.2, 0) is 6.54 Å². The Bertz CT molecular complexity index is 418. The Morgan fingerprint density at radius 2 is 2.40 bits per heavy atom. The standard InChI is InChI=1S/C9H10N4OS/c1-14-8-4-7(2-3-10-8)5-11-9-12-6-13-15-9/h2-4,6H,5H2,1H3,(H,11,12,13). The summed E-state index contributed by atoms with van der Waals surface area (Å²) in [6.45, 7) is 0.689. The van der Waals surface area contributed by atoms with Crippen LogP contribution in [0.4, 0.5) is 5.13 Å². The number of hydrogen-bond acceptors (Lipinski definition) is 6. The molecule has 2 aromatic rings. The molecule has 1 N–H and O–H groups in total. The lowest BCUT2D eigenvalue weighted by Gasteiger charge is -2.03. The highest BCUT2D eigenvalue weighted by Gasteiger charge is 1.98. The third-order valence-corrected chi connectivity index (χ3v) is 2.44. The van der Waals surface area contributed by atoms with E-state index in [-0.39, 0.29) is 0 Å². The first kappa shape index (κ1) is 9.85. The van der Waals surface area contributed by atoms with Crippen molar-refractivity contribution in [3.8, 4) is 5.88 Å². The van der Waals surface area contributed by atoms with Crippen molar-refractivity contribution in [1.29, 1.82) is 0 Å². The monoisotopic (exact) mass is 222 g/mol. The molecule has 2 rings (SSSR count). The summed E-state index contributed by atoms with van der Waals surface area (Å²) in [5, 5.41) is 3.96. The van der Waals surface area contributed by atoms with Gasteiger partial charge in [0.2, 0.25) is 11.0 Å². The average Bonchev–Trinajstić information content (AvgIpc) is 2.79. The summed E-state index contributed by atoms with van der Waals surface area (Å²) >= 11 is 1.33. The second-order valence-corrected chi connectivity index (χ2v) is 3.59. The summed E-state index contributed by atoms with van der Waals surface area (Å²) < 4.78 is 8.93. The van der Waals surface area contributed by atoms with Crippen molar-refractivity contribution in [2.75, 3.05) is 12.4 Å². The van der Waals surface area contributed by atoms with E-state index in [1.165, 1.54) is 17.9 Å². The average molecular weight is 222 g/mol. The minimum atomic E-state index is 0.617. The first-order chi connectivity index (χ1) is 7.38. The maximum atomic E-state index is 5.03. The van der Waals surface area contributed by atoms with Crippen molar-refractivity contribution in [3.63, 3.8) is 0 Å². The van der Waals surface area contributed by atoms with Crippen molar-refractivity contribution in [1.82, 2.24) is 14.3 Å². The highest BCUT2D eigenvalue weighted by molar-refractivity contribution is 7.09. The van der Waals surface area contributed by atoms with Crippen LogP contribution >= 0.6 is 11.5 Å².